The molecule has 0 radical (unpaired) electrons. The van der Waals surface area contributed by atoms with E-state index in [1.165, 1.54) is 6.92 Å². The minimum atomic E-state index is -1.57. The molecule has 0 aromatic rings. The number of carboxylic acid groups (broad SMARTS) is 1. The van der Waals surface area contributed by atoms with E-state index in [1.807, 2.05) is 0 Å². The van der Waals surface area contributed by atoms with Crippen molar-refractivity contribution >= 4 is 42.3 Å². The van der Waals surface area contributed by atoms with Gasteiger partial charge < -0.3 is 48.5 Å². The molecule has 14 nitrogen and oxygen atoms in total. The minimum Gasteiger partial charge on any atom is -0.480 e. The highest BCUT2D eigenvalue weighted by Crippen LogP contribution is 2.02. The molecule has 0 heterocycles. The molecule has 0 spiro atoms. The number of rotatable bonds is 14. The molecule has 178 valence electrons. The van der Waals surface area contributed by atoms with Crippen LogP contribution in [-0.2, 0) is 19.2 Å². The lowest BCUT2D eigenvalue weighted by molar-refractivity contribution is -0.143. The van der Waals surface area contributed by atoms with Gasteiger partial charge in [0.1, 0.15) is 24.2 Å². The maximum Gasteiger partial charge on any atom is 0.328 e. The fourth-order valence-electron chi connectivity index (χ4n) is 2.18. The summed E-state index contributed by atoms with van der Waals surface area (Å²) in [6.45, 7) is 0.583. The number of nitrogens with two attached hydrogens (primary N) is 3. The van der Waals surface area contributed by atoms with Crippen molar-refractivity contribution in [3.05, 3.63) is 0 Å². The molecule has 0 aromatic carbocycles. The number of carbonyl (C=O) groups excluding carboxylic acids is 3. The van der Waals surface area contributed by atoms with Crippen LogP contribution in [0.3, 0.4) is 0 Å². The van der Waals surface area contributed by atoms with Crippen molar-refractivity contribution in [3.8, 4) is 0 Å². The van der Waals surface area contributed by atoms with Crippen LogP contribution in [0, 0.1) is 0 Å². The summed E-state index contributed by atoms with van der Waals surface area (Å²) in [4.78, 5) is 51.8. The minimum absolute atomic E-state index is 0.0204. The molecule has 0 fully saturated rings. The van der Waals surface area contributed by atoms with Crippen LogP contribution in [-0.4, -0.2) is 94.1 Å². The number of aliphatic hydroxyl groups excluding tert-OH is 2. The summed E-state index contributed by atoms with van der Waals surface area (Å²) in [5.74, 6) is -4.24. The van der Waals surface area contributed by atoms with Crippen molar-refractivity contribution < 1.29 is 34.5 Å². The Morgan fingerprint density at radius 3 is 1.97 bits per heavy atom. The Kier molecular flexibility index (Phi) is 13.2. The Morgan fingerprint density at radius 2 is 1.52 bits per heavy atom. The molecule has 0 aliphatic heterocycles. The molecular weight excluding hydrogens is 434 g/mol. The van der Waals surface area contributed by atoms with Crippen molar-refractivity contribution in [2.24, 2.45) is 22.2 Å². The van der Waals surface area contributed by atoms with Crippen molar-refractivity contribution in [1.29, 1.82) is 0 Å². The van der Waals surface area contributed by atoms with E-state index in [4.69, 9.17) is 27.4 Å². The molecule has 0 aliphatic carbocycles. The highest BCUT2D eigenvalue weighted by atomic mass is 32.1. The van der Waals surface area contributed by atoms with Crippen LogP contribution >= 0.6 is 12.6 Å². The molecule has 31 heavy (non-hydrogen) atoms. The van der Waals surface area contributed by atoms with Gasteiger partial charge in [0.25, 0.3) is 0 Å². The molecule has 5 atom stereocenters. The Labute approximate surface area is 184 Å². The van der Waals surface area contributed by atoms with Gasteiger partial charge >= 0.3 is 5.97 Å². The Bertz CT molecular complexity index is 658. The van der Waals surface area contributed by atoms with E-state index in [9.17, 15) is 24.3 Å². The van der Waals surface area contributed by atoms with Crippen molar-refractivity contribution in [3.63, 3.8) is 0 Å². The molecule has 0 bridgehead atoms. The molecule has 12 N–H and O–H groups in total. The lowest BCUT2D eigenvalue weighted by Crippen LogP contribution is -2.58. The first kappa shape index (κ1) is 28.4. The Hall–Kier alpha value is -2.62. The van der Waals surface area contributed by atoms with Gasteiger partial charge in [-0.2, -0.15) is 12.6 Å². The van der Waals surface area contributed by atoms with E-state index >= 15 is 0 Å². The van der Waals surface area contributed by atoms with Crippen molar-refractivity contribution in [1.82, 2.24) is 16.0 Å². The van der Waals surface area contributed by atoms with Crippen molar-refractivity contribution in [2.75, 3.05) is 18.9 Å². The van der Waals surface area contributed by atoms with Crippen LogP contribution in [0.15, 0.2) is 4.99 Å². The van der Waals surface area contributed by atoms with E-state index in [0.29, 0.717) is 0 Å². The van der Waals surface area contributed by atoms with E-state index in [-0.39, 0.29) is 31.1 Å². The average Bonchev–Trinajstić information content (AvgIpc) is 2.70. The van der Waals surface area contributed by atoms with E-state index in [1.54, 1.807) is 0 Å². The molecule has 15 heteroatoms. The van der Waals surface area contributed by atoms with Crippen LogP contribution < -0.4 is 33.2 Å². The van der Waals surface area contributed by atoms with E-state index in [0.717, 1.165) is 0 Å². The Morgan fingerprint density at radius 1 is 1.00 bits per heavy atom. The topological polar surface area (TPSA) is 255 Å². The zero-order valence-electron chi connectivity index (χ0n) is 17.0. The SMILES string of the molecule is CC(O)C(N)C(=O)NC(CS)C(=O)NC(CCCN=C(N)N)C(=O)NC(CO)C(=O)O. The maximum absolute atomic E-state index is 12.6. The van der Waals surface area contributed by atoms with Crippen LogP contribution in [0.4, 0.5) is 0 Å². The van der Waals surface area contributed by atoms with Crippen LogP contribution in [0.5, 0.6) is 0 Å². The standard InChI is InChI=1S/C16H31N7O7S/c1-7(25)11(17)14(28)23-10(6-31)13(27)21-8(3-2-4-20-16(18)19)12(26)22-9(5-24)15(29)30/h7-11,24-25,31H,2-6,17H2,1H3,(H,21,27)(H,22,26)(H,23,28)(H,29,30)(H4,18,19,20). The number of thiol groups is 1. The van der Waals surface area contributed by atoms with Gasteiger partial charge in [-0.15, -0.1) is 0 Å². The highest BCUT2D eigenvalue weighted by Gasteiger charge is 2.30. The predicted molar refractivity (Wildman–Crippen MR) is 114 cm³/mol. The number of aliphatic imine (C=N–C) groups is 1. The van der Waals surface area contributed by atoms with Crippen LogP contribution in [0.25, 0.3) is 0 Å². The number of nitrogens with zero attached hydrogens (tertiary/aromatic N) is 1. The molecule has 0 rings (SSSR count). The second kappa shape index (κ2) is 14.4. The van der Waals surface area contributed by atoms with Gasteiger partial charge in [-0.1, -0.05) is 0 Å². The number of carboxylic acids is 1. The predicted octanol–water partition coefficient (Wildman–Crippen LogP) is -4.79. The second-order valence-corrected chi connectivity index (χ2v) is 6.97. The lowest BCUT2D eigenvalue weighted by Gasteiger charge is -2.24. The molecule has 0 aromatic heterocycles. The molecule has 0 saturated heterocycles. The van der Waals surface area contributed by atoms with E-state index < -0.39 is 60.6 Å². The summed E-state index contributed by atoms with van der Waals surface area (Å²) in [6, 6.07) is -5.27. The van der Waals surface area contributed by atoms with Gasteiger partial charge in [-0.3, -0.25) is 19.4 Å². The van der Waals surface area contributed by atoms with Gasteiger partial charge in [0.2, 0.25) is 17.7 Å². The molecular formula is C16H31N7O7S. The monoisotopic (exact) mass is 465 g/mol. The number of carbonyl (C=O) groups is 4. The fraction of sp³-hybridized carbons (Fsp3) is 0.688. The third-order valence-electron chi connectivity index (χ3n) is 4.01. The first-order valence-electron chi connectivity index (χ1n) is 9.29. The largest absolute Gasteiger partial charge is 0.480 e. The fourth-order valence-corrected chi connectivity index (χ4v) is 2.44. The zero-order valence-corrected chi connectivity index (χ0v) is 17.9. The third kappa shape index (κ3) is 10.8. The van der Waals surface area contributed by atoms with Gasteiger partial charge in [0.15, 0.2) is 5.96 Å². The first-order chi connectivity index (χ1) is 14.4. The number of nitrogens with one attached hydrogen (secondary N) is 3. The third-order valence-corrected chi connectivity index (χ3v) is 4.38. The van der Waals surface area contributed by atoms with Gasteiger partial charge in [-0.25, -0.2) is 4.79 Å². The van der Waals surface area contributed by atoms with Gasteiger partial charge in [-0.05, 0) is 19.8 Å². The summed E-state index contributed by atoms with van der Waals surface area (Å²) in [6.07, 6.45) is -0.895. The second-order valence-electron chi connectivity index (χ2n) is 6.60. The van der Waals surface area contributed by atoms with Gasteiger partial charge in [0.05, 0.1) is 12.7 Å². The molecule has 5 unspecified atom stereocenters. The number of amides is 3. The smallest absolute Gasteiger partial charge is 0.328 e. The number of aliphatic carboxylic acids is 1. The van der Waals surface area contributed by atoms with Gasteiger partial charge in [0, 0.05) is 12.3 Å². The first-order valence-corrected chi connectivity index (χ1v) is 9.92. The van der Waals surface area contributed by atoms with E-state index in [2.05, 4.69) is 33.6 Å². The molecule has 0 aliphatic rings. The quantitative estimate of drug-likeness (QED) is 0.0506. The molecule has 3 amide bonds. The highest BCUT2D eigenvalue weighted by molar-refractivity contribution is 7.80. The summed E-state index contributed by atoms with van der Waals surface area (Å²) < 4.78 is 0. The normalized spacial score (nSPS) is 15.5. The lowest BCUT2D eigenvalue weighted by atomic mass is 10.1. The summed E-state index contributed by atoms with van der Waals surface area (Å²) >= 11 is 3.99. The van der Waals surface area contributed by atoms with Crippen LogP contribution in [0.1, 0.15) is 19.8 Å². The maximum atomic E-state index is 12.6. The average molecular weight is 466 g/mol. The number of guanidine groups is 1. The van der Waals surface area contributed by atoms with Crippen molar-refractivity contribution in [2.45, 2.75) is 50.0 Å². The number of aliphatic hydroxyl groups is 2. The number of hydrogen-bond donors (Lipinski definition) is 10. The summed E-state index contributed by atoms with van der Waals surface area (Å²) in [7, 11) is 0. The summed E-state index contributed by atoms with van der Waals surface area (Å²) in [5, 5.41) is 34.3. The summed E-state index contributed by atoms with van der Waals surface area (Å²) in [5.41, 5.74) is 16.0. The number of hydrogen-bond acceptors (Lipinski definition) is 9. The Balaban J connectivity index is 5.29. The van der Waals surface area contributed by atoms with Crippen LogP contribution in [0.2, 0.25) is 0 Å². The zero-order chi connectivity index (χ0) is 24.1. The molecule has 0 saturated carbocycles.